The van der Waals surface area contributed by atoms with Gasteiger partial charge in [0.1, 0.15) is 11.6 Å². The first-order chi connectivity index (χ1) is 11.3. The molecule has 128 valence electrons. The maximum Gasteiger partial charge on any atom is 0.256 e. The highest BCUT2D eigenvalue weighted by atomic mass is 35.5. The second kappa shape index (κ2) is 8.52. The molecule has 0 spiro atoms. The molecule has 0 bridgehead atoms. The van der Waals surface area contributed by atoms with Crippen molar-refractivity contribution in [1.29, 1.82) is 0 Å². The Balaban J connectivity index is 0.00000208. The van der Waals surface area contributed by atoms with Crippen LogP contribution in [0, 0.1) is 0 Å². The van der Waals surface area contributed by atoms with Gasteiger partial charge in [-0.25, -0.2) is 4.98 Å². The van der Waals surface area contributed by atoms with E-state index in [2.05, 4.69) is 20.5 Å². The summed E-state index contributed by atoms with van der Waals surface area (Å²) in [5.74, 6) is 0.989. The highest BCUT2D eigenvalue weighted by Gasteiger charge is 2.12. The van der Waals surface area contributed by atoms with Crippen LogP contribution in [0.1, 0.15) is 10.4 Å². The van der Waals surface area contributed by atoms with E-state index in [1.165, 1.54) is 0 Å². The van der Waals surface area contributed by atoms with Crippen molar-refractivity contribution in [3.05, 3.63) is 48.2 Å². The van der Waals surface area contributed by atoms with E-state index in [0.29, 0.717) is 17.1 Å². The highest BCUT2D eigenvalue weighted by molar-refractivity contribution is 6.04. The lowest BCUT2D eigenvalue weighted by Crippen LogP contribution is -2.43. The second-order valence-electron chi connectivity index (χ2n) is 5.32. The van der Waals surface area contributed by atoms with E-state index in [1.807, 2.05) is 12.1 Å². The predicted molar refractivity (Wildman–Crippen MR) is 97.5 cm³/mol. The fraction of sp³-hybridized carbons (Fsp3) is 0.294. The van der Waals surface area contributed by atoms with Crippen LogP contribution in [0.3, 0.4) is 0 Å². The molecule has 3 rings (SSSR count). The van der Waals surface area contributed by atoms with Crippen molar-refractivity contribution in [2.45, 2.75) is 0 Å². The van der Waals surface area contributed by atoms with Crippen molar-refractivity contribution >= 4 is 29.8 Å². The molecule has 24 heavy (non-hydrogen) atoms. The average molecular weight is 349 g/mol. The van der Waals surface area contributed by atoms with Crippen LogP contribution in [0.4, 0.5) is 11.5 Å². The number of hydrogen-bond acceptors (Lipinski definition) is 5. The third-order valence-corrected chi connectivity index (χ3v) is 3.80. The predicted octanol–water partition coefficient (Wildman–Crippen LogP) is 2.17. The van der Waals surface area contributed by atoms with Gasteiger partial charge in [0, 0.05) is 31.7 Å². The maximum atomic E-state index is 12.2. The van der Waals surface area contributed by atoms with E-state index in [0.717, 1.165) is 31.9 Å². The van der Waals surface area contributed by atoms with Crippen LogP contribution in [0.2, 0.25) is 0 Å². The number of carbonyl (C=O) groups is 1. The summed E-state index contributed by atoms with van der Waals surface area (Å²) in [6.07, 6.45) is 1.80. The number of piperazine rings is 1. The van der Waals surface area contributed by atoms with E-state index in [-0.39, 0.29) is 18.3 Å². The number of nitrogens with zero attached hydrogens (tertiary/aromatic N) is 2. The highest BCUT2D eigenvalue weighted by Crippen LogP contribution is 2.17. The minimum absolute atomic E-state index is 0. The van der Waals surface area contributed by atoms with Gasteiger partial charge in [-0.2, -0.15) is 0 Å². The Hall–Kier alpha value is -2.31. The minimum atomic E-state index is -0.202. The molecule has 1 aromatic heterocycles. The minimum Gasteiger partial charge on any atom is -0.497 e. The number of halogens is 1. The Morgan fingerprint density at radius 1 is 1.25 bits per heavy atom. The molecule has 0 radical (unpaired) electrons. The van der Waals surface area contributed by atoms with Crippen LogP contribution in [0.25, 0.3) is 0 Å². The summed E-state index contributed by atoms with van der Waals surface area (Å²) < 4.78 is 5.13. The Morgan fingerprint density at radius 3 is 2.71 bits per heavy atom. The number of amides is 1. The zero-order valence-electron chi connectivity index (χ0n) is 13.5. The lowest BCUT2D eigenvalue weighted by molar-refractivity contribution is 0.102. The van der Waals surface area contributed by atoms with Crippen LogP contribution < -0.4 is 20.3 Å². The molecular formula is C17H21ClN4O2. The number of rotatable bonds is 4. The van der Waals surface area contributed by atoms with Gasteiger partial charge in [0.05, 0.1) is 19.0 Å². The van der Waals surface area contributed by atoms with E-state index >= 15 is 0 Å². The van der Waals surface area contributed by atoms with Crippen LogP contribution in [0.5, 0.6) is 5.75 Å². The number of nitrogens with one attached hydrogen (secondary N) is 2. The summed E-state index contributed by atoms with van der Waals surface area (Å²) >= 11 is 0. The largest absolute Gasteiger partial charge is 0.497 e. The summed E-state index contributed by atoms with van der Waals surface area (Å²) in [4.78, 5) is 18.9. The molecule has 1 aliphatic rings. The Morgan fingerprint density at radius 2 is 2.04 bits per heavy atom. The summed E-state index contributed by atoms with van der Waals surface area (Å²) in [6.45, 7) is 3.90. The topological polar surface area (TPSA) is 66.5 Å². The molecule has 7 heteroatoms. The number of carbonyl (C=O) groups excluding carboxylic acids is 1. The monoisotopic (exact) mass is 348 g/mol. The lowest BCUT2D eigenvalue weighted by Gasteiger charge is -2.29. The molecule has 1 aliphatic heterocycles. The molecule has 1 aromatic carbocycles. The molecule has 1 fully saturated rings. The number of benzene rings is 1. The third-order valence-electron chi connectivity index (χ3n) is 3.80. The van der Waals surface area contributed by atoms with Crippen LogP contribution >= 0.6 is 12.4 Å². The zero-order chi connectivity index (χ0) is 16.1. The van der Waals surface area contributed by atoms with Crippen molar-refractivity contribution in [1.82, 2.24) is 10.3 Å². The molecule has 2 heterocycles. The van der Waals surface area contributed by atoms with Crippen molar-refractivity contribution in [2.24, 2.45) is 0 Å². The molecule has 6 nitrogen and oxygen atoms in total. The molecular weight excluding hydrogens is 328 g/mol. The Bertz CT molecular complexity index is 673. The van der Waals surface area contributed by atoms with Gasteiger partial charge in [0.15, 0.2) is 0 Å². The van der Waals surface area contributed by atoms with Gasteiger partial charge in [-0.1, -0.05) is 6.07 Å². The molecule has 1 saturated heterocycles. The van der Waals surface area contributed by atoms with Crippen LogP contribution in [-0.4, -0.2) is 44.2 Å². The second-order valence-corrected chi connectivity index (χ2v) is 5.32. The average Bonchev–Trinajstić information content (AvgIpc) is 2.63. The van der Waals surface area contributed by atoms with E-state index in [1.54, 1.807) is 37.6 Å². The van der Waals surface area contributed by atoms with Gasteiger partial charge in [-0.05, 0) is 30.3 Å². The molecule has 0 saturated carbocycles. The van der Waals surface area contributed by atoms with Crippen molar-refractivity contribution in [2.75, 3.05) is 43.5 Å². The summed E-state index contributed by atoms with van der Waals surface area (Å²) in [5, 5.41) is 6.12. The van der Waals surface area contributed by atoms with E-state index < -0.39 is 0 Å². The zero-order valence-corrected chi connectivity index (χ0v) is 14.3. The molecule has 0 aliphatic carbocycles. The first-order valence-electron chi connectivity index (χ1n) is 7.63. The SMILES string of the molecule is COc1cccc(C(=O)Nc2ccc(N3CCNCC3)cn2)c1.Cl. The molecule has 2 aromatic rings. The van der Waals surface area contributed by atoms with Crippen LogP contribution in [0.15, 0.2) is 42.6 Å². The number of hydrogen-bond donors (Lipinski definition) is 2. The lowest BCUT2D eigenvalue weighted by atomic mass is 10.2. The van der Waals surface area contributed by atoms with Gasteiger partial charge >= 0.3 is 0 Å². The first-order valence-corrected chi connectivity index (χ1v) is 7.63. The van der Waals surface area contributed by atoms with Gasteiger partial charge in [-0.3, -0.25) is 4.79 Å². The number of pyridine rings is 1. The van der Waals surface area contributed by atoms with Gasteiger partial charge < -0.3 is 20.3 Å². The van der Waals surface area contributed by atoms with Crippen molar-refractivity contribution in [3.8, 4) is 5.75 Å². The fourth-order valence-electron chi connectivity index (χ4n) is 2.52. The van der Waals surface area contributed by atoms with E-state index in [4.69, 9.17) is 4.74 Å². The Kier molecular flexibility index (Phi) is 6.40. The molecule has 0 atom stereocenters. The number of anilines is 2. The van der Waals surface area contributed by atoms with Gasteiger partial charge in [0.25, 0.3) is 5.91 Å². The molecule has 0 unspecified atom stereocenters. The maximum absolute atomic E-state index is 12.2. The number of aromatic nitrogens is 1. The third kappa shape index (κ3) is 4.37. The van der Waals surface area contributed by atoms with Crippen molar-refractivity contribution in [3.63, 3.8) is 0 Å². The molecule has 2 N–H and O–H groups in total. The molecule has 1 amide bonds. The van der Waals surface area contributed by atoms with Gasteiger partial charge in [-0.15, -0.1) is 12.4 Å². The first kappa shape index (κ1) is 18.0. The normalized spacial score (nSPS) is 13.8. The smallest absolute Gasteiger partial charge is 0.256 e. The number of methoxy groups -OCH3 is 1. The van der Waals surface area contributed by atoms with E-state index in [9.17, 15) is 4.79 Å². The Labute approximate surface area is 147 Å². The van der Waals surface area contributed by atoms with Crippen molar-refractivity contribution < 1.29 is 9.53 Å². The quantitative estimate of drug-likeness (QED) is 0.886. The van der Waals surface area contributed by atoms with Gasteiger partial charge in [0.2, 0.25) is 0 Å². The standard InChI is InChI=1S/C17H20N4O2.ClH/c1-23-15-4-2-3-13(11-15)17(22)20-16-6-5-14(12-19-16)21-9-7-18-8-10-21;/h2-6,11-12,18H,7-10H2,1H3,(H,19,20,22);1H. The summed E-state index contributed by atoms with van der Waals surface area (Å²) in [5.41, 5.74) is 1.61. The van der Waals surface area contributed by atoms with Crippen LogP contribution in [-0.2, 0) is 0 Å². The summed E-state index contributed by atoms with van der Waals surface area (Å²) in [6, 6.07) is 10.8. The fourth-order valence-corrected chi connectivity index (χ4v) is 2.52. The summed E-state index contributed by atoms with van der Waals surface area (Å²) in [7, 11) is 1.58. The number of ether oxygens (including phenoxy) is 1.